The fourth-order valence-corrected chi connectivity index (χ4v) is 3.47. The van der Waals surface area contributed by atoms with Crippen LogP contribution < -0.4 is 10.5 Å². The van der Waals surface area contributed by atoms with Crippen LogP contribution in [0.5, 0.6) is 5.75 Å². The van der Waals surface area contributed by atoms with Crippen molar-refractivity contribution in [3.05, 3.63) is 23.1 Å². The summed E-state index contributed by atoms with van der Waals surface area (Å²) in [6.07, 6.45) is 0. The summed E-state index contributed by atoms with van der Waals surface area (Å²) in [5.41, 5.74) is 6.48. The number of nitrogen functional groups attached to an aromatic ring is 1. The van der Waals surface area contributed by atoms with E-state index in [-0.39, 0.29) is 5.91 Å². The molecule has 0 saturated carbocycles. The SMILES string of the molecule is COc1c(C(=O)N2CCOCC2)sc2ccc(N)cc12. The third kappa shape index (κ3) is 2.21. The van der Waals surface area contributed by atoms with E-state index < -0.39 is 0 Å². The zero-order valence-electron chi connectivity index (χ0n) is 11.2. The monoisotopic (exact) mass is 292 g/mol. The standard InChI is InChI=1S/C14H16N2O3S/c1-18-12-10-8-9(15)2-3-11(10)20-13(12)14(17)16-4-6-19-7-5-16/h2-3,8H,4-7,15H2,1H3. The van der Waals surface area contributed by atoms with E-state index in [1.807, 2.05) is 18.2 Å². The quantitative estimate of drug-likeness (QED) is 0.859. The van der Waals surface area contributed by atoms with Crippen molar-refractivity contribution in [3.63, 3.8) is 0 Å². The Kier molecular flexibility index (Phi) is 3.50. The van der Waals surface area contributed by atoms with Crippen molar-refractivity contribution in [1.29, 1.82) is 0 Å². The molecule has 2 N–H and O–H groups in total. The molecule has 0 unspecified atom stereocenters. The van der Waals surface area contributed by atoms with Gasteiger partial charge in [-0.1, -0.05) is 0 Å². The molecule has 2 aromatic rings. The molecular weight excluding hydrogens is 276 g/mol. The number of morpholine rings is 1. The van der Waals surface area contributed by atoms with Crippen LogP contribution in [-0.2, 0) is 4.74 Å². The molecule has 1 amide bonds. The van der Waals surface area contributed by atoms with Gasteiger partial charge < -0.3 is 20.1 Å². The molecule has 6 heteroatoms. The van der Waals surface area contributed by atoms with Crippen molar-refractivity contribution >= 4 is 33.0 Å². The van der Waals surface area contributed by atoms with Crippen LogP contribution in [0.1, 0.15) is 9.67 Å². The van der Waals surface area contributed by atoms with Gasteiger partial charge in [-0.05, 0) is 18.2 Å². The topological polar surface area (TPSA) is 64.8 Å². The lowest BCUT2D eigenvalue weighted by atomic mass is 10.2. The molecule has 1 aliphatic heterocycles. The van der Waals surface area contributed by atoms with Crippen molar-refractivity contribution < 1.29 is 14.3 Å². The number of nitrogens with two attached hydrogens (primary N) is 1. The summed E-state index contributed by atoms with van der Waals surface area (Å²) in [5, 5.41) is 0.897. The molecule has 0 atom stereocenters. The first-order chi connectivity index (χ1) is 9.70. The highest BCUT2D eigenvalue weighted by molar-refractivity contribution is 7.21. The number of methoxy groups -OCH3 is 1. The molecule has 1 aromatic heterocycles. The third-order valence-electron chi connectivity index (χ3n) is 3.36. The molecule has 1 aliphatic rings. The number of rotatable bonds is 2. The van der Waals surface area contributed by atoms with Gasteiger partial charge in [0.1, 0.15) is 10.6 Å². The summed E-state index contributed by atoms with van der Waals surface area (Å²) >= 11 is 1.45. The average molecular weight is 292 g/mol. The highest BCUT2D eigenvalue weighted by Gasteiger charge is 2.25. The van der Waals surface area contributed by atoms with Gasteiger partial charge in [0, 0.05) is 28.9 Å². The van der Waals surface area contributed by atoms with Gasteiger partial charge in [-0.25, -0.2) is 0 Å². The van der Waals surface area contributed by atoms with Crippen molar-refractivity contribution in [2.24, 2.45) is 0 Å². The molecule has 5 nitrogen and oxygen atoms in total. The summed E-state index contributed by atoms with van der Waals surface area (Å²) in [6, 6.07) is 5.61. The molecule has 0 spiro atoms. The molecule has 3 rings (SSSR count). The summed E-state index contributed by atoms with van der Waals surface area (Å²) in [7, 11) is 1.58. The van der Waals surface area contributed by atoms with Crippen LogP contribution in [-0.4, -0.2) is 44.2 Å². The van der Waals surface area contributed by atoms with Crippen LogP contribution in [0.4, 0.5) is 5.69 Å². The Morgan fingerprint density at radius 3 is 2.85 bits per heavy atom. The number of hydrogen-bond acceptors (Lipinski definition) is 5. The van der Waals surface area contributed by atoms with Crippen molar-refractivity contribution in [2.75, 3.05) is 39.1 Å². The predicted molar refractivity (Wildman–Crippen MR) is 79.5 cm³/mol. The van der Waals surface area contributed by atoms with Crippen molar-refractivity contribution in [2.45, 2.75) is 0 Å². The first kappa shape index (κ1) is 13.2. The van der Waals surface area contributed by atoms with Crippen molar-refractivity contribution in [3.8, 4) is 5.75 Å². The van der Waals surface area contributed by atoms with Crippen LogP contribution in [0.3, 0.4) is 0 Å². The Morgan fingerprint density at radius 2 is 2.15 bits per heavy atom. The van der Waals surface area contributed by atoms with E-state index in [0.717, 1.165) is 10.1 Å². The number of benzene rings is 1. The van der Waals surface area contributed by atoms with Crippen LogP contribution in [0.25, 0.3) is 10.1 Å². The predicted octanol–water partition coefficient (Wildman–Crippen LogP) is 1.96. The smallest absolute Gasteiger partial charge is 0.267 e. The van der Waals surface area contributed by atoms with Gasteiger partial charge in [-0.2, -0.15) is 0 Å². The van der Waals surface area contributed by atoms with Crippen LogP contribution in [0.15, 0.2) is 18.2 Å². The molecule has 106 valence electrons. The molecule has 20 heavy (non-hydrogen) atoms. The number of amides is 1. The van der Waals surface area contributed by atoms with Gasteiger partial charge in [0.25, 0.3) is 5.91 Å². The van der Waals surface area contributed by atoms with Gasteiger partial charge >= 0.3 is 0 Å². The second-order valence-electron chi connectivity index (χ2n) is 4.62. The molecule has 0 bridgehead atoms. The molecular formula is C14H16N2O3S. The number of fused-ring (bicyclic) bond motifs is 1. The lowest BCUT2D eigenvalue weighted by molar-refractivity contribution is 0.0304. The van der Waals surface area contributed by atoms with Gasteiger partial charge in [0.15, 0.2) is 0 Å². The minimum Gasteiger partial charge on any atom is -0.494 e. The fraction of sp³-hybridized carbons (Fsp3) is 0.357. The number of ether oxygens (including phenoxy) is 2. The lowest BCUT2D eigenvalue weighted by Crippen LogP contribution is -2.40. The zero-order valence-corrected chi connectivity index (χ0v) is 12.0. The Bertz CT molecular complexity index is 647. The molecule has 0 aliphatic carbocycles. The van der Waals surface area contributed by atoms with E-state index in [2.05, 4.69) is 0 Å². The number of nitrogens with zero attached hydrogens (tertiary/aromatic N) is 1. The number of thiophene rings is 1. The fourth-order valence-electron chi connectivity index (χ4n) is 2.35. The molecule has 1 saturated heterocycles. The summed E-state index contributed by atoms with van der Waals surface area (Å²) in [4.78, 5) is 15.0. The van der Waals surface area contributed by atoms with Crippen LogP contribution in [0, 0.1) is 0 Å². The number of anilines is 1. The van der Waals surface area contributed by atoms with Crippen LogP contribution in [0.2, 0.25) is 0 Å². The largest absolute Gasteiger partial charge is 0.494 e. The van der Waals surface area contributed by atoms with E-state index in [9.17, 15) is 4.79 Å². The maximum absolute atomic E-state index is 12.6. The summed E-state index contributed by atoms with van der Waals surface area (Å²) < 4.78 is 11.7. The Morgan fingerprint density at radius 1 is 1.40 bits per heavy atom. The van der Waals surface area contributed by atoms with E-state index in [0.29, 0.717) is 42.6 Å². The van der Waals surface area contributed by atoms with E-state index in [4.69, 9.17) is 15.2 Å². The Hall–Kier alpha value is -1.79. The summed E-state index contributed by atoms with van der Waals surface area (Å²) in [5.74, 6) is 0.624. The van der Waals surface area contributed by atoms with Crippen molar-refractivity contribution in [1.82, 2.24) is 4.90 Å². The molecule has 2 heterocycles. The van der Waals surface area contributed by atoms with E-state index in [1.54, 1.807) is 12.0 Å². The van der Waals surface area contributed by atoms with Gasteiger partial charge in [-0.3, -0.25) is 4.79 Å². The number of hydrogen-bond donors (Lipinski definition) is 1. The van der Waals surface area contributed by atoms with Gasteiger partial charge in [-0.15, -0.1) is 11.3 Å². The maximum Gasteiger partial charge on any atom is 0.267 e. The minimum absolute atomic E-state index is 0.00456. The summed E-state index contributed by atoms with van der Waals surface area (Å²) in [6.45, 7) is 2.43. The molecule has 0 radical (unpaired) electrons. The Balaban J connectivity index is 2.03. The van der Waals surface area contributed by atoms with Gasteiger partial charge in [0.05, 0.1) is 20.3 Å². The first-order valence-electron chi connectivity index (χ1n) is 6.43. The maximum atomic E-state index is 12.6. The van der Waals surface area contributed by atoms with E-state index >= 15 is 0 Å². The Labute approximate surface area is 120 Å². The average Bonchev–Trinajstić information content (AvgIpc) is 2.85. The second-order valence-corrected chi connectivity index (χ2v) is 5.68. The highest BCUT2D eigenvalue weighted by Crippen LogP contribution is 2.39. The minimum atomic E-state index is 0.00456. The van der Waals surface area contributed by atoms with Crippen LogP contribution >= 0.6 is 11.3 Å². The second kappa shape index (κ2) is 5.30. The normalized spacial score (nSPS) is 15.6. The number of carbonyl (C=O) groups is 1. The molecule has 1 fully saturated rings. The first-order valence-corrected chi connectivity index (χ1v) is 7.25. The zero-order chi connectivity index (χ0) is 14.1. The lowest BCUT2D eigenvalue weighted by Gasteiger charge is -2.26. The number of carbonyl (C=O) groups excluding carboxylic acids is 1. The van der Waals surface area contributed by atoms with Gasteiger partial charge in [0.2, 0.25) is 0 Å². The van der Waals surface area contributed by atoms with E-state index in [1.165, 1.54) is 11.3 Å². The third-order valence-corrected chi connectivity index (χ3v) is 4.50. The highest BCUT2D eigenvalue weighted by atomic mass is 32.1. The molecule has 1 aromatic carbocycles.